The smallest absolute Gasteiger partial charge is 0.0208 e. The van der Waals surface area contributed by atoms with Crippen LogP contribution in [0.25, 0.3) is 0 Å². The Balaban J connectivity index is 2.22. The molecule has 0 heterocycles. The summed E-state index contributed by atoms with van der Waals surface area (Å²) >= 11 is 0. The molecule has 0 aliphatic rings. The monoisotopic (exact) mass is 248 g/mol. The molecule has 18 heavy (non-hydrogen) atoms. The van der Waals surface area contributed by atoms with Gasteiger partial charge in [-0.2, -0.15) is 0 Å². The molecule has 0 fully saturated rings. The first-order valence-corrected chi connectivity index (χ1v) is 7.13. The number of nitrogens with zero attached hydrogens (tertiary/aromatic N) is 1. The van der Waals surface area contributed by atoms with Gasteiger partial charge in [-0.15, -0.1) is 0 Å². The predicted molar refractivity (Wildman–Crippen MR) is 79.9 cm³/mol. The zero-order valence-corrected chi connectivity index (χ0v) is 12.4. The summed E-state index contributed by atoms with van der Waals surface area (Å²) in [6.45, 7) is 9.96. The Labute approximate surface area is 112 Å². The molecule has 0 atom stereocenters. The fraction of sp³-hybridized carbons (Fsp3) is 0.625. The Hall–Kier alpha value is -0.860. The Morgan fingerprint density at radius 2 is 1.83 bits per heavy atom. The van der Waals surface area contributed by atoms with Gasteiger partial charge in [-0.05, 0) is 58.0 Å². The van der Waals surface area contributed by atoms with E-state index in [1.807, 2.05) is 0 Å². The molecular formula is C16H28N2. The molecule has 0 radical (unpaired) electrons. The largest absolute Gasteiger partial charge is 0.313 e. The van der Waals surface area contributed by atoms with Gasteiger partial charge in [-0.25, -0.2) is 0 Å². The lowest BCUT2D eigenvalue weighted by Crippen LogP contribution is -2.29. The summed E-state index contributed by atoms with van der Waals surface area (Å²) in [7, 11) is 2.19. The lowest BCUT2D eigenvalue weighted by molar-refractivity contribution is 0.269. The molecular weight excluding hydrogens is 220 g/mol. The van der Waals surface area contributed by atoms with Gasteiger partial charge in [0.2, 0.25) is 0 Å². The number of rotatable bonds is 8. The molecule has 1 aromatic carbocycles. The average Bonchev–Trinajstić information content (AvgIpc) is 2.38. The van der Waals surface area contributed by atoms with Crippen molar-refractivity contribution < 1.29 is 0 Å². The summed E-state index contributed by atoms with van der Waals surface area (Å²) in [6.07, 6.45) is 2.33. The van der Waals surface area contributed by atoms with Crippen molar-refractivity contribution in [2.45, 2.75) is 46.2 Å². The van der Waals surface area contributed by atoms with Crippen LogP contribution in [0.4, 0.5) is 0 Å². The zero-order valence-electron chi connectivity index (χ0n) is 12.4. The molecule has 1 aromatic rings. The van der Waals surface area contributed by atoms with Crippen molar-refractivity contribution in [2.24, 2.45) is 0 Å². The second kappa shape index (κ2) is 8.28. The average molecular weight is 248 g/mol. The van der Waals surface area contributed by atoms with Crippen LogP contribution >= 0.6 is 0 Å². The highest BCUT2D eigenvalue weighted by atomic mass is 15.1. The van der Waals surface area contributed by atoms with Crippen molar-refractivity contribution in [2.75, 3.05) is 20.1 Å². The molecule has 1 rings (SSSR count). The lowest BCUT2D eigenvalue weighted by Gasteiger charge is -2.20. The van der Waals surface area contributed by atoms with Crippen molar-refractivity contribution in [3.63, 3.8) is 0 Å². The minimum atomic E-state index is 0.644. The van der Waals surface area contributed by atoms with E-state index in [1.54, 1.807) is 0 Å². The first-order valence-electron chi connectivity index (χ1n) is 7.13. The highest BCUT2D eigenvalue weighted by Gasteiger charge is 2.02. The standard InChI is InChI=1S/C16H28N2/c1-5-15-9-6-7-10-16(15)13-17-11-8-12-18(4)14(2)3/h6-7,9-10,14,17H,5,8,11-13H2,1-4H3. The van der Waals surface area contributed by atoms with E-state index in [4.69, 9.17) is 0 Å². The number of hydrogen-bond donors (Lipinski definition) is 1. The van der Waals surface area contributed by atoms with Gasteiger partial charge in [-0.1, -0.05) is 31.2 Å². The third-order valence-electron chi connectivity index (χ3n) is 3.56. The minimum Gasteiger partial charge on any atom is -0.313 e. The van der Waals surface area contributed by atoms with Gasteiger partial charge >= 0.3 is 0 Å². The van der Waals surface area contributed by atoms with Crippen molar-refractivity contribution in [1.29, 1.82) is 0 Å². The Bertz CT molecular complexity index is 334. The summed E-state index contributed by atoms with van der Waals surface area (Å²) in [5, 5.41) is 3.54. The van der Waals surface area contributed by atoms with E-state index in [0.717, 1.165) is 19.5 Å². The van der Waals surface area contributed by atoms with Crippen molar-refractivity contribution in [1.82, 2.24) is 10.2 Å². The van der Waals surface area contributed by atoms with Crippen molar-refractivity contribution in [3.8, 4) is 0 Å². The van der Waals surface area contributed by atoms with E-state index in [2.05, 4.69) is 62.3 Å². The normalized spacial score (nSPS) is 11.4. The Morgan fingerprint density at radius 1 is 1.17 bits per heavy atom. The fourth-order valence-corrected chi connectivity index (χ4v) is 2.01. The second-order valence-corrected chi connectivity index (χ2v) is 5.23. The predicted octanol–water partition coefficient (Wildman–Crippen LogP) is 3.07. The molecule has 0 unspecified atom stereocenters. The molecule has 0 amide bonds. The third kappa shape index (κ3) is 5.19. The molecule has 2 nitrogen and oxygen atoms in total. The van der Waals surface area contributed by atoms with Crippen LogP contribution in [0.5, 0.6) is 0 Å². The summed E-state index contributed by atoms with van der Waals surface area (Å²) in [5.41, 5.74) is 2.90. The molecule has 0 bridgehead atoms. The number of hydrogen-bond acceptors (Lipinski definition) is 2. The zero-order chi connectivity index (χ0) is 13.4. The maximum absolute atomic E-state index is 3.54. The van der Waals surface area contributed by atoms with Gasteiger partial charge < -0.3 is 10.2 Å². The van der Waals surface area contributed by atoms with Crippen molar-refractivity contribution >= 4 is 0 Å². The number of aryl methyl sites for hydroxylation is 1. The summed E-state index contributed by atoms with van der Waals surface area (Å²) in [5.74, 6) is 0. The van der Waals surface area contributed by atoms with Crippen LogP contribution in [0.1, 0.15) is 38.3 Å². The molecule has 2 heteroatoms. The minimum absolute atomic E-state index is 0.644. The van der Waals surface area contributed by atoms with E-state index >= 15 is 0 Å². The summed E-state index contributed by atoms with van der Waals surface area (Å²) < 4.78 is 0. The van der Waals surface area contributed by atoms with Crippen LogP contribution < -0.4 is 5.32 Å². The third-order valence-corrected chi connectivity index (χ3v) is 3.56. The molecule has 0 aliphatic heterocycles. The molecule has 0 spiro atoms. The van der Waals surface area contributed by atoms with Crippen LogP contribution in [0, 0.1) is 0 Å². The van der Waals surface area contributed by atoms with E-state index in [1.165, 1.54) is 24.1 Å². The van der Waals surface area contributed by atoms with Gasteiger partial charge in [0.05, 0.1) is 0 Å². The SMILES string of the molecule is CCc1ccccc1CNCCCN(C)C(C)C. The van der Waals surface area contributed by atoms with Crippen LogP contribution in [0.2, 0.25) is 0 Å². The van der Waals surface area contributed by atoms with Gasteiger partial charge in [-0.3, -0.25) is 0 Å². The topological polar surface area (TPSA) is 15.3 Å². The van der Waals surface area contributed by atoms with Crippen molar-refractivity contribution in [3.05, 3.63) is 35.4 Å². The van der Waals surface area contributed by atoms with Gasteiger partial charge in [0, 0.05) is 12.6 Å². The molecule has 0 aliphatic carbocycles. The maximum Gasteiger partial charge on any atom is 0.0208 e. The second-order valence-electron chi connectivity index (χ2n) is 5.23. The van der Waals surface area contributed by atoms with Gasteiger partial charge in [0.1, 0.15) is 0 Å². The Morgan fingerprint density at radius 3 is 2.44 bits per heavy atom. The molecule has 1 N–H and O–H groups in total. The van der Waals surface area contributed by atoms with Crippen LogP contribution in [0.3, 0.4) is 0 Å². The summed E-state index contributed by atoms with van der Waals surface area (Å²) in [6, 6.07) is 9.35. The number of benzene rings is 1. The first kappa shape index (κ1) is 15.2. The van der Waals surface area contributed by atoms with E-state index < -0.39 is 0 Å². The van der Waals surface area contributed by atoms with Crippen LogP contribution in [0.15, 0.2) is 24.3 Å². The highest BCUT2D eigenvalue weighted by Crippen LogP contribution is 2.08. The van der Waals surface area contributed by atoms with E-state index in [0.29, 0.717) is 6.04 Å². The van der Waals surface area contributed by atoms with E-state index in [-0.39, 0.29) is 0 Å². The number of nitrogens with one attached hydrogen (secondary N) is 1. The molecule has 0 aromatic heterocycles. The Kier molecular flexibility index (Phi) is 6.99. The summed E-state index contributed by atoms with van der Waals surface area (Å²) in [4.78, 5) is 2.39. The molecule has 102 valence electrons. The van der Waals surface area contributed by atoms with E-state index in [9.17, 15) is 0 Å². The van der Waals surface area contributed by atoms with Gasteiger partial charge in [0.25, 0.3) is 0 Å². The first-order chi connectivity index (χ1) is 8.65. The highest BCUT2D eigenvalue weighted by molar-refractivity contribution is 5.26. The maximum atomic E-state index is 3.54. The van der Waals surface area contributed by atoms with Crippen LogP contribution in [-0.2, 0) is 13.0 Å². The molecule has 0 saturated heterocycles. The fourth-order valence-electron chi connectivity index (χ4n) is 2.01. The van der Waals surface area contributed by atoms with Gasteiger partial charge in [0.15, 0.2) is 0 Å². The lowest BCUT2D eigenvalue weighted by atomic mass is 10.1. The van der Waals surface area contributed by atoms with Crippen LogP contribution in [-0.4, -0.2) is 31.1 Å². The molecule has 0 saturated carbocycles. The quantitative estimate of drug-likeness (QED) is 0.711.